The molecule has 1 aromatic heterocycles. The van der Waals surface area contributed by atoms with Gasteiger partial charge in [0, 0.05) is 16.6 Å². The van der Waals surface area contributed by atoms with E-state index in [-0.39, 0.29) is 0 Å². The topological polar surface area (TPSA) is 61.2 Å². The van der Waals surface area contributed by atoms with E-state index in [2.05, 4.69) is 32.5 Å². The van der Waals surface area contributed by atoms with Crippen LogP contribution in [0.15, 0.2) is 127 Å². The van der Waals surface area contributed by atoms with E-state index in [0.717, 1.165) is 60.9 Å². The van der Waals surface area contributed by atoms with Crippen molar-refractivity contribution in [3.8, 4) is 51.2 Å². The number of hydrogen-bond acceptors (Lipinski definition) is 2. The van der Waals surface area contributed by atoms with Crippen molar-refractivity contribution in [1.29, 1.82) is 10.5 Å². The molecule has 0 aliphatic carbocycles. The van der Waals surface area contributed by atoms with Crippen LogP contribution in [0, 0.1) is 35.8 Å². The molecule has 0 aliphatic heterocycles. The molecule has 0 radical (unpaired) electrons. The molecule has 0 spiro atoms. The lowest BCUT2D eigenvalue weighted by atomic mass is 9.88. The van der Waals surface area contributed by atoms with Gasteiger partial charge in [0.15, 0.2) is 11.4 Å². The molecule has 0 saturated heterocycles. The SMILES string of the molecule is [C-]#[N+]c1cc(-c2cc(-c3ccccc3)cc(-c3ccccc3)c2C#N)cc(-n2c3ccc(C#N)cc3c3cc([N+]#[C-])ccc32)c1. The maximum Gasteiger partial charge on any atom is 0.189 e. The Bertz CT molecular complexity index is 2390. The normalized spacial score (nSPS) is 10.6. The van der Waals surface area contributed by atoms with Crippen LogP contribution in [-0.2, 0) is 0 Å². The van der Waals surface area contributed by atoms with Crippen LogP contribution >= 0.6 is 0 Å². The third-order valence-corrected chi connectivity index (χ3v) is 8.05. The molecule has 206 valence electrons. The zero-order valence-corrected chi connectivity index (χ0v) is 23.9. The van der Waals surface area contributed by atoms with E-state index in [1.165, 1.54) is 0 Å². The highest BCUT2D eigenvalue weighted by Crippen LogP contribution is 2.41. The fourth-order valence-corrected chi connectivity index (χ4v) is 6.01. The van der Waals surface area contributed by atoms with E-state index in [9.17, 15) is 10.5 Å². The van der Waals surface area contributed by atoms with Crippen molar-refractivity contribution in [1.82, 2.24) is 4.57 Å². The van der Waals surface area contributed by atoms with Crippen LogP contribution in [0.4, 0.5) is 11.4 Å². The zero-order chi connectivity index (χ0) is 30.9. The van der Waals surface area contributed by atoms with Crippen LogP contribution in [0.3, 0.4) is 0 Å². The summed E-state index contributed by atoms with van der Waals surface area (Å²) in [6, 6.07) is 45.4. The first-order valence-corrected chi connectivity index (χ1v) is 14.2. The van der Waals surface area contributed by atoms with E-state index in [0.29, 0.717) is 22.5 Å². The van der Waals surface area contributed by atoms with Crippen molar-refractivity contribution in [3.05, 3.63) is 161 Å². The average Bonchev–Trinajstić information content (AvgIpc) is 3.44. The Balaban J connectivity index is 1.55. The predicted molar refractivity (Wildman–Crippen MR) is 179 cm³/mol. The average molecular weight is 572 g/mol. The van der Waals surface area contributed by atoms with Gasteiger partial charge >= 0.3 is 0 Å². The van der Waals surface area contributed by atoms with Crippen LogP contribution in [0.25, 0.3) is 70.6 Å². The Labute approximate surface area is 260 Å². The molecule has 5 heteroatoms. The predicted octanol–water partition coefficient (Wildman–Crippen LogP) is 10.6. The summed E-state index contributed by atoms with van der Waals surface area (Å²) in [5.74, 6) is 0. The summed E-state index contributed by atoms with van der Waals surface area (Å²) in [6.07, 6.45) is 0. The molecule has 0 amide bonds. The van der Waals surface area contributed by atoms with Gasteiger partial charge in [-0.05, 0) is 93.9 Å². The molecule has 1 heterocycles. The van der Waals surface area contributed by atoms with Crippen molar-refractivity contribution in [3.63, 3.8) is 0 Å². The minimum absolute atomic E-state index is 0.430. The monoisotopic (exact) mass is 571 g/mol. The molecule has 45 heavy (non-hydrogen) atoms. The third-order valence-electron chi connectivity index (χ3n) is 8.05. The van der Waals surface area contributed by atoms with E-state index >= 15 is 0 Å². The lowest BCUT2D eigenvalue weighted by molar-refractivity contribution is 1.18. The van der Waals surface area contributed by atoms with Gasteiger partial charge in [0.1, 0.15) is 6.07 Å². The zero-order valence-electron chi connectivity index (χ0n) is 23.9. The molecule has 6 aromatic carbocycles. The summed E-state index contributed by atoms with van der Waals surface area (Å²) < 4.78 is 2.06. The molecule has 7 rings (SSSR count). The van der Waals surface area contributed by atoms with E-state index in [1.54, 1.807) is 12.1 Å². The van der Waals surface area contributed by atoms with Gasteiger partial charge in [-0.2, -0.15) is 10.5 Å². The standard InChI is InChI=1S/C40H21N5/c1-43-31-14-16-40-37(23-31)36-17-26(24-41)13-15-39(36)45(40)33-19-30(18-32(22-33)44-2)35-21-29(27-9-5-3-6-10-27)20-34(38(35)25-42)28-11-7-4-8-12-28/h3-23H. The van der Waals surface area contributed by atoms with Crippen molar-refractivity contribution in [2.75, 3.05) is 0 Å². The van der Waals surface area contributed by atoms with E-state index in [4.69, 9.17) is 13.1 Å². The summed E-state index contributed by atoms with van der Waals surface area (Å²) in [5, 5.41) is 21.9. The Hall–Kier alpha value is -6.92. The first kappa shape index (κ1) is 26.9. The molecule has 0 unspecified atom stereocenters. The van der Waals surface area contributed by atoms with Gasteiger partial charge < -0.3 is 4.57 Å². The summed E-state index contributed by atoms with van der Waals surface area (Å²) in [7, 11) is 0. The largest absolute Gasteiger partial charge is 0.311 e. The van der Waals surface area contributed by atoms with Crippen LogP contribution in [0.1, 0.15) is 11.1 Å². The Morgan fingerprint density at radius 1 is 0.511 bits per heavy atom. The maximum atomic E-state index is 10.6. The first-order valence-electron chi connectivity index (χ1n) is 14.2. The maximum absolute atomic E-state index is 10.6. The van der Waals surface area contributed by atoms with Crippen molar-refractivity contribution in [2.24, 2.45) is 0 Å². The number of aromatic nitrogens is 1. The highest BCUT2D eigenvalue weighted by molar-refractivity contribution is 6.11. The van der Waals surface area contributed by atoms with Crippen LogP contribution in [-0.4, -0.2) is 4.57 Å². The number of nitrogens with zero attached hydrogens (tertiary/aromatic N) is 5. The van der Waals surface area contributed by atoms with Crippen LogP contribution in [0.5, 0.6) is 0 Å². The lowest BCUT2D eigenvalue weighted by Crippen LogP contribution is -1.97. The van der Waals surface area contributed by atoms with Crippen LogP contribution in [0.2, 0.25) is 0 Å². The summed E-state index contributed by atoms with van der Waals surface area (Å²) in [6.45, 7) is 15.5. The molecule has 0 atom stereocenters. The van der Waals surface area contributed by atoms with Gasteiger partial charge in [-0.25, -0.2) is 9.69 Å². The first-order chi connectivity index (χ1) is 22.1. The lowest BCUT2D eigenvalue weighted by Gasteiger charge is -2.16. The van der Waals surface area contributed by atoms with Crippen molar-refractivity contribution < 1.29 is 0 Å². The number of fused-ring (bicyclic) bond motifs is 3. The second-order valence-electron chi connectivity index (χ2n) is 10.6. The van der Waals surface area contributed by atoms with Gasteiger partial charge in [-0.3, -0.25) is 0 Å². The van der Waals surface area contributed by atoms with Gasteiger partial charge in [-0.15, -0.1) is 0 Å². The Kier molecular flexibility index (Phi) is 6.62. The number of benzene rings is 6. The minimum Gasteiger partial charge on any atom is -0.311 e. The summed E-state index contributed by atoms with van der Waals surface area (Å²) in [4.78, 5) is 7.45. The van der Waals surface area contributed by atoms with Gasteiger partial charge in [0.05, 0.1) is 41.4 Å². The van der Waals surface area contributed by atoms with Gasteiger partial charge in [0.2, 0.25) is 0 Å². The molecule has 7 aromatic rings. The third kappa shape index (κ3) is 4.65. The molecular weight excluding hydrogens is 550 g/mol. The number of hydrogen-bond donors (Lipinski definition) is 0. The number of nitriles is 2. The summed E-state index contributed by atoms with van der Waals surface area (Å²) in [5.41, 5.74) is 9.63. The second kappa shape index (κ2) is 11.1. The fraction of sp³-hybridized carbons (Fsp3) is 0. The van der Waals surface area contributed by atoms with Crippen LogP contribution < -0.4 is 0 Å². The van der Waals surface area contributed by atoms with Crippen molar-refractivity contribution in [2.45, 2.75) is 0 Å². The smallest absolute Gasteiger partial charge is 0.189 e. The molecule has 0 bridgehead atoms. The van der Waals surface area contributed by atoms with E-state index in [1.807, 2.05) is 109 Å². The quantitative estimate of drug-likeness (QED) is 0.197. The Morgan fingerprint density at radius 3 is 1.78 bits per heavy atom. The number of rotatable bonds is 4. The highest BCUT2D eigenvalue weighted by Gasteiger charge is 2.19. The molecule has 0 saturated carbocycles. The second-order valence-corrected chi connectivity index (χ2v) is 10.6. The highest BCUT2D eigenvalue weighted by atomic mass is 15.0. The molecular formula is C40H21N5. The molecule has 5 nitrogen and oxygen atoms in total. The molecule has 0 N–H and O–H groups in total. The fourth-order valence-electron chi connectivity index (χ4n) is 6.01. The van der Waals surface area contributed by atoms with E-state index < -0.39 is 0 Å². The molecule has 0 aliphatic rings. The minimum atomic E-state index is 0.430. The van der Waals surface area contributed by atoms with Gasteiger partial charge in [-0.1, -0.05) is 66.7 Å². The summed E-state index contributed by atoms with van der Waals surface area (Å²) >= 11 is 0. The molecule has 0 fully saturated rings. The van der Waals surface area contributed by atoms with Gasteiger partial charge in [0.25, 0.3) is 0 Å². The Morgan fingerprint density at radius 2 is 1.13 bits per heavy atom. The van der Waals surface area contributed by atoms with Crippen molar-refractivity contribution >= 4 is 33.2 Å².